The van der Waals surface area contributed by atoms with E-state index in [0.717, 1.165) is 16.8 Å². The summed E-state index contributed by atoms with van der Waals surface area (Å²) in [6, 6.07) is 13.4. The van der Waals surface area contributed by atoms with E-state index in [1.54, 1.807) is 64.6 Å². The lowest BCUT2D eigenvalue weighted by Gasteiger charge is -2.42. The van der Waals surface area contributed by atoms with Gasteiger partial charge in [-0.1, -0.05) is 24.3 Å². The number of amides is 1. The van der Waals surface area contributed by atoms with Crippen LogP contribution in [-0.4, -0.2) is 67.6 Å². The zero-order valence-corrected chi connectivity index (χ0v) is 23.1. The van der Waals surface area contributed by atoms with Crippen molar-refractivity contribution in [1.82, 2.24) is 29.5 Å². The number of aliphatic hydroxyl groups is 1. The fraction of sp³-hybridized carbons (Fsp3) is 0.241. The van der Waals surface area contributed by atoms with Crippen molar-refractivity contribution < 1.29 is 14.3 Å². The number of aromatic nitrogens is 4. The molecule has 0 saturated heterocycles. The molecule has 0 bridgehead atoms. The Hall–Kier alpha value is -4.65. The molecule has 0 spiro atoms. The molecule has 1 aliphatic heterocycles. The first-order valence-corrected chi connectivity index (χ1v) is 13.0. The average Bonchev–Trinajstić information content (AvgIpc) is 3.34. The molecule has 4 aromatic rings. The fourth-order valence-electron chi connectivity index (χ4n) is 4.47. The molecule has 1 amide bonds. The van der Waals surface area contributed by atoms with Gasteiger partial charge < -0.3 is 20.6 Å². The van der Waals surface area contributed by atoms with Gasteiger partial charge in [0, 0.05) is 62.1 Å². The number of hydrogen-bond acceptors (Lipinski definition) is 9. The van der Waals surface area contributed by atoms with Crippen molar-refractivity contribution in [3.05, 3.63) is 96.2 Å². The number of carbonyl (C=O) groups is 1. The molecule has 0 radical (unpaired) electrons. The van der Waals surface area contributed by atoms with E-state index >= 15 is 0 Å². The molecule has 3 heterocycles. The van der Waals surface area contributed by atoms with Crippen molar-refractivity contribution in [2.45, 2.75) is 19.4 Å². The lowest BCUT2D eigenvalue weighted by atomic mass is 10.1. The number of halogens is 1. The van der Waals surface area contributed by atoms with Crippen LogP contribution < -0.4 is 15.5 Å². The van der Waals surface area contributed by atoms with E-state index in [0.29, 0.717) is 42.8 Å². The van der Waals surface area contributed by atoms with Crippen LogP contribution in [0.25, 0.3) is 0 Å². The second-order valence-electron chi connectivity index (χ2n) is 10.0. The van der Waals surface area contributed by atoms with E-state index in [-0.39, 0.29) is 11.7 Å². The van der Waals surface area contributed by atoms with Gasteiger partial charge in [-0.05, 0) is 50.0 Å². The largest absolute Gasteiger partial charge is 0.360 e. The van der Waals surface area contributed by atoms with Gasteiger partial charge in [-0.3, -0.25) is 19.3 Å². The molecule has 3 N–H and O–H groups in total. The highest BCUT2D eigenvalue weighted by Gasteiger charge is 2.34. The first-order valence-electron chi connectivity index (χ1n) is 13.0. The second-order valence-corrected chi connectivity index (χ2v) is 10.0. The Morgan fingerprint density at radius 3 is 2.71 bits per heavy atom. The van der Waals surface area contributed by atoms with Gasteiger partial charge in [0.15, 0.2) is 6.35 Å². The van der Waals surface area contributed by atoms with Gasteiger partial charge in [0.05, 0.1) is 11.9 Å². The highest BCUT2D eigenvalue weighted by atomic mass is 19.1. The van der Waals surface area contributed by atoms with Gasteiger partial charge in [-0.25, -0.2) is 9.37 Å². The molecule has 2 aromatic carbocycles. The molecule has 2 aromatic heterocycles. The Kier molecular flexibility index (Phi) is 8.34. The van der Waals surface area contributed by atoms with Crippen molar-refractivity contribution in [2.75, 3.05) is 36.2 Å². The first-order chi connectivity index (χ1) is 19.7. The third-order valence-electron chi connectivity index (χ3n) is 6.39. The normalized spacial score (nSPS) is 15.4. The summed E-state index contributed by atoms with van der Waals surface area (Å²) in [6.07, 6.45) is 7.35. The van der Waals surface area contributed by atoms with E-state index in [9.17, 15) is 14.3 Å². The van der Waals surface area contributed by atoms with Gasteiger partial charge >= 0.3 is 0 Å². The number of aliphatic hydroxyl groups excluding tert-OH is 1. The standard InChI is InChI=1S/C29H32FN9O2/c1-36(2)13-5-8-26(40)33-23-6-4-7-25(14-23)39-27-21(15-31-28(35-27)34-24-16-32-37(3)19-24)18-38(29(39)41)17-20-9-11-22(30)12-10-20/h4-12,14-16,19,29,41H,13,17-18H2,1-3H3,(H,33,40)(H,31,34,35)/b8-5+. The van der Waals surface area contributed by atoms with Gasteiger partial charge in [-0.15, -0.1) is 0 Å². The van der Waals surface area contributed by atoms with Gasteiger partial charge in [0.25, 0.3) is 0 Å². The Morgan fingerprint density at radius 1 is 1.17 bits per heavy atom. The van der Waals surface area contributed by atoms with E-state index < -0.39 is 6.35 Å². The van der Waals surface area contributed by atoms with Gasteiger partial charge in [-0.2, -0.15) is 10.1 Å². The number of fused-ring (bicyclic) bond motifs is 1. The Morgan fingerprint density at radius 2 is 1.98 bits per heavy atom. The van der Waals surface area contributed by atoms with Crippen LogP contribution in [0.15, 0.2) is 79.3 Å². The highest BCUT2D eigenvalue weighted by Crippen LogP contribution is 2.37. The van der Waals surface area contributed by atoms with E-state index in [4.69, 9.17) is 4.98 Å². The lowest BCUT2D eigenvalue weighted by molar-refractivity contribution is -0.111. The minimum Gasteiger partial charge on any atom is -0.360 e. The molecule has 1 atom stereocenters. The summed E-state index contributed by atoms with van der Waals surface area (Å²) in [5.74, 6) is 0.282. The topological polar surface area (TPSA) is 115 Å². The number of aryl methyl sites for hydroxylation is 1. The summed E-state index contributed by atoms with van der Waals surface area (Å²) in [4.78, 5) is 27.2. The maximum Gasteiger partial charge on any atom is 0.248 e. The van der Waals surface area contributed by atoms with Crippen molar-refractivity contribution in [3.8, 4) is 0 Å². The molecule has 0 saturated carbocycles. The summed E-state index contributed by atoms with van der Waals surface area (Å²) >= 11 is 0. The van der Waals surface area contributed by atoms with Crippen LogP contribution in [-0.2, 0) is 24.9 Å². The molecule has 11 nitrogen and oxygen atoms in total. The molecule has 1 aliphatic rings. The molecule has 212 valence electrons. The van der Waals surface area contributed by atoms with Crippen LogP contribution in [0.5, 0.6) is 0 Å². The quantitative estimate of drug-likeness (QED) is 0.266. The molecule has 41 heavy (non-hydrogen) atoms. The molecule has 1 unspecified atom stereocenters. The summed E-state index contributed by atoms with van der Waals surface area (Å²) in [5, 5.41) is 21.8. The monoisotopic (exact) mass is 557 g/mol. The predicted molar refractivity (Wildman–Crippen MR) is 155 cm³/mol. The Labute approximate surface area is 237 Å². The van der Waals surface area contributed by atoms with E-state index in [1.807, 2.05) is 37.0 Å². The lowest BCUT2D eigenvalue weighted by Crippen LogP contribution is -2.49. The van der Waals surface area contributed by atoms with Gasteiger partial charge in [0.1, 0.15) is 11.6 Å². The SMILES string of the molecule is CN(C)C/C=C/C(=O)Nc1cccc(N2c3nc(Nc4cnn(C)c4)ncc3CN(Cc3ccc(F)cc3)C2O)c1. The number of hydrogen-bond donors (Lipinski definition) is 3. The molecule has 0 fully saturated rings. The van der Waals surface area contributed by atoms with Crippen LogP contribution in [0.2, 0.25) is 0 Å². The predicted octanol–water partition coefficient (Wildman–Crippen LogP) is 3.58. The maximum atomic E-state index is 13.5. The van der Waals surface area contributed by atoms with Crippen LogP contribution in [0.3, 0.4) is 0 Å². The summed E-state index contributed by atoms with van der Waals surface area (Å²) in [7, 11) is 5.67. The Bertz CT molecular complexity index is 1540. The first kappa shape index (κ1) is 27.9. The third-order valence-corrected chi connectivity index (χ3v) is 6.39. The smallest absolute Gasteiger partial charge is 0.248 e. The number of benzene rings is 2. The number of likely N-dealkylation sites (N-methyl/N-ethyl adjacent to an activating group) is 1. The summed E-state index contributed by atoms with van der Waals surface area (Å²) < 4.78 is 15.2. The number of nitrogens with one attached hydrogen (secondary N) is 2. The fourth-order valence-corrected chi connectivity index (χ4v) is 4.47. The van der Waals surface area contributed by atoms with Crippen molar-refractivity contribution in [2.24, 2.45) is 7.05 Å². The summed E-state index contributed by atoms with van der Waals surface area (Å²) in [5.41, 5.74) is 3.53. The van der Waals surface area contributed by atoms with Crippen molar-refractivity contribution in [1.29, 1.82) is 0 Å². The zero-order valence-electron chi connectivity index (χ0n) is 23.1. The third kappa shape index (κ3) is 6.92. The zero-order chi connectivity index (χ0) is 28.9. The number of rotatable bonds is 9. The van der Waals surface area contributed by atoms with E-state index in [1.165, 1.54) is 18.2 Å². The maximum absolute atomic E-state index is 13.5. The minimum atomic E-state index is -1.11. The van der Waals surface area contributed by atoms with Crippen LogP contribution in [0, 0.1) is 5.82 Å². The second kappa shape index (κ2) is 12.3. The van der Waals surface area contributed by atoms with Gasteiger partial charge in [0.2, 0.25) is 11.9 Å². The Balaban J connectivity index is 1.47. The molecule has 12 heteroatoms. The van der Waals surface area contributed by atoms with Crippen LogP contribution >= 0.6 is 0 Å². The average molecular weight is 558 g/mol. The molecular formula is C29H32FN9O2. The molecule has 0 aliphatic carbocycles. The van der Waals surface area contributed by atoms with E-state index in [2.05, 4.69) is 20.7 Å². The minimum absolute atomic E-state index is 0.258. The van der Waals surface area contributed by atoms with Crippen LogP contribution in [0.1, 0.15) is 11.1 Å². The molecular weight excluding hydrogens is 525 g/mol. The highest BCUT2D eigenvalue weighted by molar-refractivity contribution is 5.99. The van der Waals surface area contributed by atoms with Crippen molar-refractivity contribution >= 4 is 34.7 Å². The number of anilines is 5. The molecule has 5 rings (SSSR count). The number of carbonyl (C=O) groups excluding carboxylic acids is 1. The number of nitrogens with zero attached hydrogens (tertiary/aromatic N) is 7. The van der Waals surface area contributed by atoms with Crippen LogP contribution in [0.4, 0.5) is 33.2 Å². The summed E-state index contributed by atoms with van der Waals surface area (Å²) in [6.45, 7) is 1.37. The van der Waals surface area contributed by atoms with Crippen molar-refractivity contribution in [3.63, 3.8) is 0 Å².